The lowest BCUT2D eigenvalue weighted by molar-refractivity contribution is -0.384. The van der Waals surface area contributed by atoms with Crippen molar-refractivity contribution in [3.63, 3.8) is 0 Å². The molecule has 1 N–H and O–H groups in total. The molecule has 2 aromatic heterocycles. The molecule has 3 aromatic rings. The quantitative estimate of drug-likeness (QED) is 0.196. The predicted octanol–water partition coefficient (Wildman–Crippen LogP) is 2.84. The average molecular weight is 463 g/mol. The Balaban J connectivity index is 1.96. The molecule has 10 nitrogen and oxygen atoms in total. The van der Waals surface area contributed by atoms with Gasteiger partial charge in [0.05, 0.1) is 22.2 Å². The molecule has 34 heavy (non-hydrogen) atoms. The Morgan fingerprint density at radius 2 is 1.94 bits per heavy atom. The largest absolute Gasteiger partial charge is 0.505 e. The maximum atomic E-state index is 13.2. The normalized spacial score (nSPS) is 17.8. The number of aromatic nitrogens is 2. The fourth-order valence-corrected chi connectivity index (χ4v) is 4.30. The Hall–Kier alpha value is -4.05. The molecular formula is C24H25N5O5. The lowest BCUT2D eigenvalue weighted by atomic mass is 9.96. The van der Waals surface area contributed by atoms with E-state index in [1.807, 2.05) is 32.0 Å². The van der Waals surface area contributed by atoms with Crippen molar-refractivity contribution in [2.24, 2.45) is 0 Å². The summed E-state index contributed by atoms with van der Waals surface area (Å²) >= 11 is 0. The molecule has 1 aliphatic heterocycles. The number of nitro groups is 1. The first-order chi connectivity index (χ1) is 16.1. The summed E-state index contributed by atoms with van der Waals surface area (Å²) in [5.74, 6) is -1.96. The topological polar surface area (TPSA) is 121 Å². The molecule has 1 aliphatic rings. The Kier molecular flexibility index (Phi) is 5.92. The number of pyridine rings is 1. The number of imidazole rings is 1. The van der Waals surface area contributed by atoms with Crippen LogP contribution in [-0.2, 0) is 9.59 Å². The third-order valence-corrected chi connectivity index (χ3v) is 5.97. The fourth-order valence-electron chi connectivity index (χ4n) is 4.30. The lowest BCUT2D eigenvalue weighted by Crippen LogP contribution is -2.35. The summed E-state index contributed by atoms with van der Waals surface area (Å²) in [7, 11) is 3.67. The molecule has 3 heterocycles. The van der Waals surface area contributed by atoms with Gasteiger partial charge in [-0.2, -0.15) is 0 Å². The van der Waals surface area contributed by atoms with Crippen LogP contribution in [0.3, 0.4) is 0 Å². The van der Waals surface area contributed by atoms with E-state index in [0.717, 1.165) is 5.56 Å². The molecule has 1 aromatic carbocycles. The van der Waals surface area contributed by atoms with E-state index >= 15 is 0 Å². The van der Waals surface area contributed by atoms with Gasteiger partial charge in [-0.25, -0.2) is 4.98 Å². The second-order valence-electron chi connectivity index (χ2n) is 8.58. The zero-order chi connectivity index (χ0) is 24.7. The molecule has 0 aliphatic carbocycles. The number of benzene rings is 1. The number of fused-ring (bicyclic) bond motifs is 1. The van der Waals surface area contributed by atoms with Crippen LogP contribution in [0, 0.1) is 24.0 Å². The second-order valence-corrected chi connectivity index (χ2v) is 8.58. The molecule has 0 spiro atoms. The van der Waals surface area contributed by atoms with Crippen molar-refractivity contribution in [1.82, 2.24) is 19.2 Å². The number of likely N-dealkylation sites (N-methyl/N-ethyl adjacent to an activating group) is 1. The second kappa shape index (κ2) is 8.71. The van der Waals surface area contributed by atoms with Gasteiger partial charge in [-0.1, -0.05) is 18.2 Å². The Bertz CT molecular complexity index is 1360. The van der Waals surface area contributed by atoms with Crippen LogP contribution in [0.4, 0.5) is 5.69 Å². The van der Waals surface area contributed by atoms with Gasteiger partial charge in [-0.15, -0.1) is 0 Å². The van der Waals surface area contributed by atoms with Crippen LogP contribution >= 0.6 is 0 Å². The number of aliphatic hydroxyl groups excluding tert-OH is 1. The van der Waals surface area contributed by atoms with Crippen molar-refractivity contribution >= 4 is 28.8 Å². The summed E-state index contributed by atoms with van der Waals surface area (Å²) in [5.41, 5.74) is 2.38. The van der Waals surface area contributed by atoms with Crippen LogP contribution in [0.5, 0.6) is 0 Å². The van der Waals surface area contributed by atoms with Gasteiger partial charge < -0.3 is 14.9 Å². The van der Waals surface area contributed by atoms with Crippen LogP contribution in [0.15, 0.2) is 48.2 Å². The lowest BCUT2D eigenvalue weighted by Gasteiger charge is -2.26. The standard InChI is InChI=1S/C24H25N5O5/c1-14-7-6-10-27-19(15(2)25-23(14)27)21(30)18-20(16-8-5-9-17(13-16)29(33)34)28(12-11-26(3)4)24(32)22(18)31/h5-10,13,20,30H,11-12H2,1-4H3/b21-18+/t20-/m0/s1. The molecule has 176 valence electrons. The monoisotopic (exact) mass is 463 g/mol. The van der Waals surface area contributed by atoms with E-state index in [-0.39, 0.29) is 23.6 Å². The maximum absolute atomic E-state index is 13.2. The van der Waals surface area contributed by atoms with Gasteiger partial charge in [0.1, 0.15) is 11.3 Å². The first kappa shape index (κ1) is 23.1. The summed E-state index contributed by atoms with van der Waals surface area (Å²) in [6.07, 6.45) is 1.72. The summed E-state index contributed by atoms with van der Waals surface area (Å²) in [4.78, 5) is 44.9. The number of nitro benzene ring substituents is 1. The molecule has 0 bridgehead atoms. The van der Waals surface area contributed by atoms with Crippen molar-refractivity contribution < 1.29 is 19.6 Å². The van der Waals surface area contributed by atoms with Crippen molar-refractivity contribution in [1.29, 1.82) is 0 Å². The van der Waals surface area contributed by atoms with Crippen LogP contribution in [0.2, 0.25) is 0 Å². The number of aryl methyl sites for hydroxylation is 2. The number of non-ortho nitro benzene ring substituents is 1. The summed E-state index contributed by atoms with van der Waals surface area (Å²) in [6, 6.07) is 8.50. The number of nitrogens with zero attached hydrogens (tertiary/aromatic N) is 5. The SMILES string of the molecule is Cc1nc2c(C)cccn2c1/C(O)=C1\C(=O)C(=O)N(CCN(C)C)[C@H]1c1cccc([N+](=O)[O-])c1. The summed E-state index contributed by atoms with van der Waals surface area (Å²) in [6.45, 7) is 4.26. The molecule has 1 fully saturated rings. The van der Waals surface area contributed by atoms with Crippen molar-refractivity contribution in [3.05, 3.63) is 80.8 Å². The molecular weight excluding hydrogens is 438 g/mol. The van der Waals surface area contributed by atoms with Crippen LogP contribution in [-0.4, -0.2) is 68.1 Å². The highest BCUT2D eigenvalue weighted by Gasteiger charge is 2.46. The molecule has 0 unspecified atom stereocenters. The van der Waals surface area contributed by atoms with Gasteiger partial charge >= 0.3 is 0 Å². The van der Waals surface area contributed by atoms with Gasteiger partial charge in [0.15, 0.2) is 5.76 Å². The molecule has 0 radical (unpaired) electrons. The molecule has 10 heteroatoms. The van der Waals surface area contributed by atoms with E-state index in [1.165, 1.54) is 23.1 Å². The predicted molar refractivity (Wildman–Crippen MR) is 125 cm³/mol. The number of aliphatic hydroxyl groups is 1. The van der Waals surface area contributed by atoms with E-state index in [9.17, 15) is 24.8 Å². The average Bonchev–Trinajstić information content (AvgIpc) is 3.26. The van der Waals surface area contributed by atoms with E-state index in [4.69, 9.17) is 0 Å². The Morgan fingerprint density at radius 1 is 1.21 bits per heavy atom. The number of hydrogen-bond donors (Lipinski definition) is 1. The molecule has 1 amide bonds. The van der Waals surface area contributed by atoms with E-state index in [1.54, 1.807) is 29.7 Å². The number of carbonyl (C=O) groups is 2. The van der Waals surface area contributed by atoms with E-state index in [2.05, 4.69) is 4.98 Å². The van der Waals surface area contributed by atoms with Gasteiger partial charge in [-0.05, 0) is 45.1 Å². The van der Waals surface area contributed by atoms with Crippen molar-refractivity contribution in [2.45, 2.75) is 19.9 Å². The molecule has 0 saturated carbocycles. The van der Waals surface area contributed by atoms with E-state index in [0.29, 0.717) is 29.1 Å². The third-order valence-electron chi connectivity index (χ3n) is 5.97. The Morgan fingerprint density at radius 3 is 2.62 bits per heavy atom. The number of hydrogen-bond acceptors (Lipinski definition) is 7. The molecule has 4 rings (SSSR count). The first-order valence-corrected chi connectivity index (χ1v) is 10.7. The number of carbonyl (C=O) groups excluding carboxylic acids is 2. The minimum Gasteiger partial charge on any atom is -0.505 e. The zero-order valence-electron chi connectivity index (χ0n) is 19.3. The highest BCUT2D eigenvalue weighted by atomic mass is 16.6. The number of Topliss-reactive ketones (excluding diaryl/α,β-unsaturated/α-hetero) is 1. The number of likely N-dealkylation sites (tertiary alicyclic amines) is 1. The van der Waals surface area contributed by atoms with Crippen molar-refractivity contribution in [2.75, 3.05) is 27.2 Å². The van der Waals surface area contributed by atoms with Crippen LogP contribution < -0.4 is 0 Å². The van der Waals surface area contributed by atoms with Crippen LogP contribution in [0.25, 0.3) is 11.4 Å². The summed E-state index contributed by atoms with van der Waals surface area (Å²) in [5, 5.41) is 22.8. The maximum Gasteiger partial charge on any atom is 0.295 e. The summed E-state index contributed by atoms with van der Waals surface area (Å²) < 4.78 is 1.68. The smallest absolute Gasteiger partial charge is 0.295 e. The highest BCUT2D eigenvalue weighted by Crippen LogP contribution is 2.40. The first-order valence-electron chi connectivity index (χ1n) is 10.7. The number of ketones is 1. The number of rotatable bonds is 6. The minimum atomic E-state index is -0.977. The Labute approximate surface area is 195 Å². The third kappa shape index (κ3) is 3.81. The van der Waals surface area contributed by atoms with Gasteiger partial charge in [0.2, 0.25) is 0 Å². The minimum absolute atomic E-state index is 0.115. The highest BCUT2D eigenvalue weighted by molar-refractivity contribution is 6.46. The van der Waals surface area contributed by atoms with Crippen molar-refractivity contribution in [3.8, 4) is 0 Å². The van der Waals surface area contributed by atoms with E-state index < -0.39 is 22.7 Å². The fraction of sp³-hybridized carbons (Fsp3) is 0.292. The van der Waals surface area contributed by atoms with Gasteiger partial charge in [0, 0.05) is 31.4 Å². The zero-order valence-corrected chi connectivity index (χ0v) is 19.3. The number of amides is 1. The molecule has 1 saturated heterocycles. The molecule has 1 atom stereocenters. The van der Waals surface area contributed by atoms with Gasteiger partial charge in [0.25, 0.3) is 17.4 Å². The van der Waals surface area contributed by atoms with Gasteiger partial charge in [-0.3, -0.25) is 24.1 Å². The van der Waals surface area contributed by atoms with Crippen LogP contribution in [0.1, 0.15) is 28.6 Å².